The van der Waals surface area contributed by atoms with Crippen molar-refractivity contribution in [2.45, 2.75) is 47.0 Å². The quantitative estimate of drug-likeness (QED) is 0.842. The summed E-state index contributed by atoms with van der Waals surface area (Å²) in [5.41, 5.74) is 1.12. The number of aromatic nitrogens is 1. The molecule has 1 aromatic heterocycles. The first-order chi connectivity index (χ1) is 8.55. The number of rotatable bonds is 1. The van der Waals surface area contributed by atoms with E-state index in [0.717, 1.165) is 5.69 Å². The van der Waals surface area contributed by atoms with Gasteiger partial charge >= 0.3 is 0 Å². The molecular formula is C15H21N3O. The van der Waals surface area contributed by atoms with Crippen molar-refractivity contribution in [2.24, 2.45) is 5.41 Å². The minimum Gasteiger partial charge on any atom is -0.324 e. The molecule has 19 heavy (non-hydrogen) atoms. The lowest BCUT2D eigenvalue weighted by Crippen LogP contribution is -2.28. The molecule has 0 radical (unpaired) electrons. The Balaban J connectivity index is 3.19. The van der Waals surface area contributed by atoms with Crippen LogP contribution < -0.4 is 5.32 Å². The Morgan fingerprint density at radius 2 is 1.84 bits per heavy atom. The van der Waals surface area contributed by atoms with Gasteiger partial charge in [-0.15, -0.1) is 0 Å². The molecule has 4 heteroatoms. The van der Waals surface area contributed by atoms with Crippen molar-refractivity contribution < 1.29 is 4.79 Å². The maximum absolute atomic E-state index is 12.0. The molecule has 102 valence electrons. The Morgan fingerprint density at radius 1 is 1.26 bits per heavy atom. The number of nitrogens with zero attached hydrogens (tertiary/aromatic N) is 2. The second-order valence-corrected chi connectivity index (χ2v) is 6.68. The van der Waals surface area contributed by atoms with Gasteiger partial charge in [0, 0.05) is 22.7 Å². The van der Waals surface area contributed by atoms with Crippen molar-refractivity contribution in [3.8, 4) is 6.07 Å². The monoisotopic (exact) mass is 259 g/mol. The second kappa shape index (κ2) is 5.00. The number of hydrogen-bond donors (Lipinski definition) is 1. The molecule has 0 aromatic carbocycles. The summed E-state index contributed by atoms with van der Waals surface area (Å²) in [7, 11) is 0. The normalized spacial score (nSPS) is 11.8. The Labute approximate surface area is 114 Å². The number of carbonyl (C=O) groups is 1. The number of pyridine rings is 1. The van der Waals surface area contributed by atoms with Gasteiger partial charge in [-0.2, -0.15) is 5.26 Å². The highest BCUT2D eigenvalue weighted by atomic mass is 16.2. The summed E-state index contributed by atoms with van der Waals surface area (Å²) < 4.78 is 0. The summed E-state index contributed by atoms with van der Waals surface area (Å²) in [4.78, 5) is 16.3. The van der Waals surface area contributed by atoms with Gasteiger partial charge in [-0.3, -0.25) is 9.78 Å². The average molecular weight is 259 g/mol. The van der Waals surface area contributed by atoms with Crippen LogP contribution in [0.15, 0.2) is 12.3 Å². The van der Waals surface area contributed by atoms with E-state index in [9.17, 15) is 4.79 Å². The van der Waals surface area contributed by atoms with Gasteiger partial charge in [-0.25, -0.2) is 0 Å². The number of anilines is 1. The third-order valence-electron chi connectivity index (χ3n) is 2.72. The van der Waals surface area contributed by atoms with Crippen LogP contribution in [0.2, 0.25) is 0 Å². The Bertz CT molecular complexity index is 528. The maximum Gasteiger partial charge on any atom is 0.229 e. The van der Waals surface area contributed by atoms with Gasteiger partial charge in [0.05, 0.1) is 11.3 Å². The summed E-state index contributed by atoms with van der Waals surface area (Å²) in [6, 6.07) is 3.83. The third-order valence-corrected chi connectivity index (χ3v) is 2.72. The van der Waals surface area contributed by atoms with Crippen LogP contribution >= 0.6 is 0 Å². The predicted molar refractivity (Wildman–Crippen MR) is 75.7 cm³/mol. The van der Waals surface area contributed by atoms with E-state index in [1.807, 2.05) is 41.5 Å². The molecule has 0 atom stereocenters. The van der Waals surface area contributed by atoms with E-state index in [-0.39, 0.29) is 11.3 Å². The van der Waals surface area contributed by atoms with Crippen molar-refractivity contribution in [3.63, 3.8) is 0 Å². The van der Waals surface area contributed by atoms with E-state index in [0.29, 0.717) is 11.3 Å². The fourth-order valence-electron chi connectivity index (χ4n) is 1.37. The van der Waals surface area contributed by atoms with Crippen LogP contribution in [0.5, 0.6) is 0 Å². The molecule has 1 heterocycles. The van der Waals surface area contributed by atoms with Crippen LogP contribution in [0.25, 0.3) is 0 Å². The van der Waals surface area contributed by atoms with Crippen molar-refractivity contribution >= 4 is 11.6 Å². The molecular weight excluding hydrogens is 238 g/mol. The standard InChI is InChI=1S/C15H21N3O/c1-14(2,3)12-7-11(10(8-16)9-17-12)18-13(19)15(4,5)6/h7,9H,1-6H3,(H,17,18,19). The van der Waals surface area contributed by atoms with Gasteiger partial charge in [0.2, 0.25) is 5.91 Å². The van der Waals surface area contributed by atoms with Crippen LogP contribution in [0.4, 0.5) is 5.69 Å². The zero-order valence-electron chi connectivity index (χ0n) is 12.5. The van der Waals surface area contributed by atoms with E-state index in [1.54, 1.807) is 6.07 Å². The number of nitrogens with one attached hydrogen (secondary N) is 1. The fourth-order valence-corrected chi connectivity index (χ4v) is 1.37. The van der Waals surface area contributed by atoms with Crippen LogP contribution in [-0.2, 0) is 10.2 Å². The maximum atomic E-state index is 12.0. The van der Waals surface area contributed by atoms with E-state index >= 15 is 0 Å². The van der Waals surface area contributed by atoms with Gasteiger partial charge in [-0.1, -0.05) is 41.5 Å². The largest absolute Gasteiger partial charge is 0.324 e. The van der Waals surface area contributed by atoms with Gasteiger partial charge in [0.1, 0.15) is 6.07 Å². The molecule has 0 saturated heterocycles. The lowest BCUT2D eigenvalue weighted by Gasteiger charge is -2.21. The molecule has 1 aromatic rings. The van der Waals surface area contributed by atoms with Crippen LogP contribution in [0.1, 0.15) is 52.8 Å². The SMILES string of the molecule is CC(C)(C)C(=O)Nc1cc(C(C)(C)C)ncc1C#N. The van der Waals surface area contributed by atoms with E-state index in [2.05, 4.69) is 16.4 Å². The molecule has 0 spiro atoms. The number of hydrogen-bond acceptors (Lipinski definition) is 3. The molecule has 1 amide bonds. The molecule has 0 unspecified atom stereocenters. The third kappa shape index (κ3) is 3.78. The molecule has 0 aliphatic carbocycles. The topological polar surface area (TPSA) is 65.8 Å². The predicted octanol–water partition coefficient (Wildman–Crippen LogP) is 3.24. The summed E-state index contributed by atoms with van der Waals surface area (Å²) in [5, 5.41) is 11.9. The van der Waals surface area contributed by atoms with E-state index in [4.69, 9.17) is 5.26 Å². The van der Waals surface area contributed by atoms with Crippen molar-refractivity contribution in [3.05, 3.63) is 23.5 Å². The van der Waals surface area contributed by atoms with Crippen LogP contribution in [-0.4, -0.2) is 10.9 Å². The minimum atomic E-state index is -0.502. The smallest absolute Gasteiger partial charge is 0.229 e. The van der Waals surface area contributed by atoms with Gasteiger partial charge in [0.25, 0.3) is 0 Å². The average Bonchev–Trinajstić information content (AvgIpc) is 2.26. The summed E-state index contributed by atoms with van der Waals surface area (Å²) >= 11 is 0. The number of nitriles is 1. The number of amides is 1. The van der Waals surface area contributed by atoms with Crippen molar-refractivity contribution in [2.75, 3.05) is 5.32 Å². The summed E-state index contributed by atoms with van der Waals surface area (Å²) in [6.45, 7) is 11.6. The summed E-state index contributed by atoms with van der Waals surface area (Å²) in [6.07, 6.45) is 1.51. The first-order valence-electron chi connectivity index (χ1n) is 6.28. The molecule has 0 bridgehead atoms. The fraction of sp³-hybridized carbons (Fsp3) is 0.533. The lowest BCUT2D eigenvalue weighted by atomic mass is 9.90. The summed E-state index contributed by atoms with van der Waals surface area (Å²) in [5.74, 6) is -0.116. The second-order valence-electron chi connectivity index (χ2n) is 6.68. The Kier molecular flexibility index (Phi) is 4.00. The minimum absolute atomic E-state index is 0.116. The Hall–Kier alpha value is -1.89. The van der Waals surface area contributed by atoms with Crippen molar-refractivity contribution in [1.29, 1.82) is 5.26 Å². The lowest BCUT2D eigenvalue weighted by molar-refractivity contribution is -0.123. The zero-order chi connectivity index (χ0) is 14.8. The molecule has 0 aliphatic heterocycles. The van der Waals surface area contributed by atoms with Crippen LogP contribution in [0, 0.1) is 16.7 Å². The highest BCUT2D eigenvalue weighted by Crippen LogP contribution is 2.26. The van der Waals surface area contributed by atoms with Gasteiger partial charge in [0.15, 0.2) is 0 Å². The first kappa shape index (κ1) is 15.2. The highest BCUT2D eigenvalue weighted by Gasteiger charge is 2.23. The molecule has 1 rings (SSSR count). The molecule has 0 aliphatic rings. The molecule has 0 fully saturated rings. The molecule has 1 N–H and O–H groups in total. The highest BCUT2D eigenvalue weighted by molar-refractivity contribution is 5.95. The number of carbonyl (C=O) groups excluding carboxylic acids is 1. The van der Waals surface area contributed by atoms with E-state index in [1.165, 1.54) is 6.20 Å². The molecule has 4 nitrogen and oxygen atoms in total. The Morgan fingerprint density at radius 3 is 2.26 bits per heavy atom. The van der Waals surface area contributed by atoms with Crippen molar-refractivity contribution in [1.82, 2.24) is 4.98 Å². The van der Waals surface area contributed by atoms with Crippen LogP contribution in [0.3, 0.4) is 0 Å². The zero-order valence-corrected chi connectivity index (χ0v) is 12.5. The van der Waals surface area contributed by atoms with Gasteiger partial charge in [-0.05, 0) is 6.07 Å². The first-order valence-corrected chi connectivity index (χ1v) is 6.28. The van der Waals surface area contributed by atoms with E-state index < -0.39 is 5.41 Å². The van der Waals surface area contributed by atoms with Gasteiger partial charge < -0.3 is 5.32 Å². The molecule has 0 saturated carbocycles.